The van der Waals surface area contributed by atoms with Crippen molar-refractivity contribution in [1.29, 1.82) is 0 Å². The largest absolute Gasteiger partial charge is 0.503 e. The number of likely N-dealkylation sites (N-methyl/N-ethyl adjacent to an activating group) is 1. The lowest BCUT2D eigenvalue weighted by Gasteiger charge is -2.21. The Morgan fingerprint density at radius 3 is 2.07 bits per heavy atom. The van der Waals surface area contributed by atoms with Crippen LogP contribution in [0, 0.1) is 29.2 Å². The molecule has 1 aliphatic heterocycles. The van der Waals surface area contributed by atoms with Gasteiger partial charge in [0.1, 0.15) is 11.6 Å². The Balaban J connectivity index is 0.000000797. The van der Waals surface area contributed by atoms with Crippen molar-refractivity contribution in [2.75, 3.05) is 26.2 Å². The lowest BCUT2D eigenvalue weighted by Crippen LogP contribution is -2.50. The minimum absolute atomic E-state index is 0.0274. The summed E-state index contributed by atoms with van der Waals surface area (Å²) in [6.45, 7) is 9.91. The molecule has 3 rings (SSSR count). The summed E-state index contributed by atoms with van der Waals surface area (Å²) in [4.78, 5) is 51.3. The summed E-state index contributed by atoms with van der Waals surface area (Å²) in [5, 5.41) is 18.9. The molecule has 1 fully saturated rings. The van der Waals surface area contributed by atoms with E-state index in [4.69, 9.17) is 5.11 Å². The molecule has 0 radical (unpaired) electrons. The maximum Gasteiger partial charge on any atom is 0.258 e. The SMILES string of the molecule is CCNC(=O)CN1C[C@@H](NC(=O)CNC(=O)[C@H](CC(C)C)NC(=O)c2c(F)c(F)c(O)c(F)c2F)CC1C.CCc1ccccc1. The van der Waals surface area contributed by atoms with E-state index < -0.39 is 64.9 Å². The van der Waals surface area contributed by atoms with Crippen LogP contribution in [0.25, 0.3) is 0 Å². The molecule has 4 amide bonds. The molecule has 0 aromatic heterocycles. The van der Waals surface area contributed by atoms with Crippen LogP contribution in [0.3, 0.4) is 0 Å². The van der Waals surface area contributed by atoms with Gasteiger partial charge in [0.15, 0.2) is 17.4 Å². The van der Waals surface area contributed by atoms with Crippen molar-refractivity contribution in [2.45, 2.75) is 72.0 Å². The number of carbonyl (C=O) groups is 4. The zero-order valence-corrected chi connectivity index (χ0v) is 26.7. The van der Waals surface area contributed by atoms with Crippen LogP contribution in [-0.2, 0) is 20.8 Å². The van der Waals surface area contributed by atoms with E-state index >= 15 is 0 Å². The molecular formula is C32H43F4N5O5. The van der Waals surface area contributed by atoms with Gasteiger partial charge in [-0.05, 0) is 44.6 Å². The van der Waals surface area contributed by atoms with E-state index in [0.29, 0.717) is 19.5 Å². The summed E-state index contributed by atoms with van der Waals surface area (Å²) in [5.74, 6) is -13.8. The lowest BCUT2D eigenvalue weighted by molar-refractivity contribution is -0.127. The molecule has 46 heavy (non-hydrogen) atoms. The van der Waals surface area contributed by atoms with Gasteiger partial charge < -0.3 is 26.4 Å². The molecule has 1 saturated heterocycles. The number of likely N-dealkylation sites (tertiary alicyclic amines) is 1. The minimum Gasteiger partial charge on any atom is -0.503 e. The first kappa shape index (κ1) is 38.0. The number of phenols is 1. The van der Waals surface area contributed by atoms with Crippen molar-refractivity contribution in [2.24, 2.45) is 5.92 Å². The normalized spacial score (nSPS) is 16.7. The fourth-order valence-corrected chi connectivity index (χ4v) is 4.90. The number of nitrogens with zero attached hydrogens (tertiary/aromatic N) is 1. The van der Waals surface area contributed by atoms with Gasteiger partial charge in [0.05, 0.1) is 13.1 Å². The van der Waals surface area contributed by atoms with Crippen molar-refractivity contribution in [1.82, 2.24) is 26.2 Å². The maximum absolute atomic E-state index is 14.1. The van der Waals surface area contributed by atoms with Crippen LogP contribution in [0.5, 0.6) is 5.75 Å². The average Bonchev–Trinajstić information content (AvgIpc) is 3.35. The third kappa shape index (κ3) is 11.0. The molecule has 5 N–H and O–H groups in total. The number of halogens is 4. The Morgan fingerprint density at radius 2 is 1.54 bits per heavy atom. The highest BCUT2D eigenvalue weighted by atomic mass is 19.2. The second kappa shape index (κ2) is 18.1. The number of amides is 4. The summed E-state index contributed by atoms with van der Waals surface area (Å²) in [6.07, 6.45) is 1.70. The van der Waals surface area contributed by atoms with Gasteiger partial charge in [-0.25, -0.2) is 8.78 Å². The molecule has 1 heterocycles. The van der Waals surface area contributed by atoms with Crippen LogP contribution in [-0.4, -0.2) is 77.9 Å². The molecule has 1 unspecified atom stereocenters. The van der Waals surface area contributed by atoms with Crippen LogP contribution >= 0.6 is 0 Å². The van der Waals surface area contributed by atoms with E-state index in [1.165, 1.54) is 5.56 Å². The third-order valence-corrected chi connectivity index (χ3v) is 7.26. The predicted octanol–water partition coefficient (Wildman–Crippen LogP) is 3.17. The monoisotopic (exact) mass is 653 g/mol. The third-order valence-electron chi connectivity index (χ3n) is 7.26. The first-order chi connectivity index (χ1) is 21.7. The van der Waals surface area contributed by atoms with Crippen molar-refractivity contribution in [3.8, 4) is 5.75 Å². The molecule has 10 nitrogen and oxygen atoms in total. The number of rotatable bonds is 12. The van der Waals surface area contributed by atoms with Gasteiger partial charge in [-0.3, -0.25) is 24.1 Å². The average molecular weight is 654 g/mol. The van der Waals surface area contributed by atoms with Crippen LogP contribution in [0.4, 0.5) is 17.6 Å². The Morgan fingerprint density at radius 1 is 0.935 bits per heavy atom. The van der Waals surface area contributed by atoms with Crippen molar-refractivity contribution in [3.63, 3.8) is 0 Å². The lowest BCUT2D eigenvalue weighted by atomic mass is 10.0. The van der Waals surface area contributed by atoms with Crippen LogP contribution in [0.15, 0.2) is 30.3 Å². The summed E-state index contributed by atoms with van der Waals surface area (Å²) < 4.78 is 55.5. The second-order valence-electron chi connectivity index (χ2n) is 11.4. The number of aromatic hydroxyl groups is 1. The van der Waals surface area contributed by atoms with Crippen molar-refractivity contribution < 1.29 is 41.8 Å². The van der Waals surface area contributed by atoms with Crippen LogP contribution in [0.1, 0.15) is 63.4 Å². The van der Waals surface area contributed by atoms with E-state index in [0.717, 1.165) is 6.42 Å². The molecule has 254 valence electrons. The molecule has 0 spiro atoms. The minimum atomic E-state index is -2.15. The number of hydrogen-bond acceptors (Lipinski definition) is 6. The summed E-state index contributed by atoms with van der Waals surface area (Å²) in [7, 11) is 0. The number of phenolic OH excluding ortho intramolecular Hbond substituents is 1. The van der Waals surface area contributed by atoms with Gasteiger partial charge in [-0.15, -0.1) is 0 Å². The number of nitrogens with one attached hydrogen (secondary N) is 4. The Kier molecular flexibility index (Phi) is 14.9. The summed E-state index contributed by atoms with van der Waals surface area (Å²) in [6, 6.07) is 8.84. The fourth-order valence-electron chi connectivity index (χ4n) is 4.90. The molecule has 3 atom stereocenters. The molecule has 2 aromatic carbocycles. The molecule has 14 heteroatoms. The van der Waals surface area contributed by atoms with Gasteiger partial charge in [0, 0.05) is 25.2 Å². The standard InChI is InChI=1S/C24H33F4N5O5.C8H10/c1-5-29-16(35)10-33-9-13(7-12(33)4)31-15(34)8-30-23(37)14(6-11(2)3)32-24(38)17-18(25)20(27)22(36)21(28)19(17)26;1-2-8-6-4-3-5-7-8/h11-14,36H,5-10H2,1-4H3,(H,29,35)(H,30,37)(H,31,34)(H,32,38);3-7H,2H2,1H3/t12?,13-,14-;/m0./s1. The molecule has 0 saturated carbocycles. The van der Waals surface area contributed by atoms with Crippen LogP contribution < -0.4 is 21.3 Å². The maximum atomic E-state index is 14.1. The molecule has 0 aliphatic carbocycles. The summed E-state index contributed by atoms with van der Waals surface area (Å²) >= 11 is 0. The van der Waals surface area contributed by atoms with Gasteiger partial charge in [0.2, 0.25) is 29.4 Å². The molecular weight excluding hydrogens is 610 g/mol. The smallest absolute Gasteiger partial charge is 0.258 e. The number of aryl methyl sites for hydroxylation is 1. The first-order valence-corrected chi connectivity index (χ1v) is 15.2. The van der Waals surface area contributed by atoms with E-state index in [-0.39, 0.29) is 36.9 Å². The van der Waals surface area contributed by atoms with Gasteiger partial charge in [-0.2, -0.15) is 8.78 Å². The van der Waals surface area contributed by atoms with E-state index in [1.807, 2.05) is 30.1 Å². The van der Waals surface area contributed by atoms with E-state index in [1.54, 1.807) is 13.8 Å². The molecule has 2 aromatic rings. The Labute approximate surface area is 266 Å². The van der Waals surface area contributed by atoms with Crippen molar-refractivity contribution in [3.05, 3.63) is 64.7 Å². The number of benzene rings is 2. The second-order valence-corrected chi connectivity index (χ2v) is 11.4. The predicted molar refractivity (Wildman–Crippen MR) is 164 cm³/mol. The molecule has 0 bridgehead atoms. The van der Waals surface area contributed by atoms with Gasteiger partial charge in [-0.1, -0.05) is 51.1 Å². The van der Waals surface area contributed by atoms with E-state index in [2.05, 4.69) is 47.1 Å². The Hall–Kier alpha value is -4.20. The zero-order chi connectivity index (χ0) is 34.6. The quantitative estimate of drug-likeness (QED) is 0.176. The van der Waals surface area contributed by atoms with Gasteiger partial charge in [0.25, 0.3) is 5.91 Å². The number of carbonyl (C=O) groups excluding carboxylic acids is 4. The van der Waals surface area contributed by atoms with Crippen molar-refractivity contribution >= 4 is 23.6 Å². The van der Waals surface area contributed by atoms with E-state index in [9.17, 15) is 36.7 Å². The molecule has 1 aliphatic rings. The highest BCUT2D eigenvalue weighted by Gasteiger charge is 2.33. The first-order valence-electron chi connectivity index (χ1n) is 15.2. The highest BCUT2D eigenvalue weighted by molar-refractivity contribution is 5.98. The summed E-state index contributed by atoms with van der Waals surface area (Å²) in [5.41, 5.74) is -0.225. The van der Waals surface area contributed by atoms with Gasteiger partial charge >= 0.3 is 0 Å². The van der Waals surface area contributed by atoms with Crippen LogP contribution in [0.2, 0.25) is 0 Å². The highest BCUT2D eigenvalue weighted by Crippen LogP contribution is 2.29. The Bertz CT molecular complexity index is 1330. The topological polar surface area (TPSA) is 140 Å². The zero-order valence-electron chi connectivity index (χ0n) is 26.7. The fraction of sp³-hybridized carbons (Fsp3) is 0.500. The number of hydrogen-bond donors (Lipinski definition) is 5.